The van der Waals surface area contributed by atoms with Crippen molar-refractivity contribution in [3.63, 3.8) is 0 Å². The summed E-state index contributed by atoms with van der Waals surface area (Å²) in [5.74, 6) is 0.424. The zero-order valence-corrected chi connectivity index (χ0v) is 24.2. The van der Waals surface area contributed by atoms with E-state index in [4.69, 9.17) is 9.47 Å². The first-order valence-corrected chi connectivity index (χ1v) is 13.9. The molecule has 8 heteroatoms. The number of ether oxygens (including phenoxy) is 2. The maximum absolute atomic E-state index is 6.42. The van der Waals surface area contributed by atoms with Gasteiger partial charge in [-0.05, 0) is 27.7 Å². The second-order valence-electron chi connectivity index (χ2n) is 9.90. The molecule has 1 heterocycles. The van der Waals surface area contributed by atoms with Crippen LogP contribution in [0.25, 0.3) is 0 Å². The molecule has 0 spiro atoms. The first-order chi connectivity index (χ1) is 18.3. The molecule has 8 nitrogen and oxygen atoms in total. The van der Waals surface area contributed by atoms with E-state index in [-0.39, 0.29) is 24.5 Å². The lowest BCUT2D eigenvalue weighted by Gasteiger charge is -2.41. The van der Waals surface area contributed by atoms with Crippen molar-refractivity contribution in [3.8, 4) is 12.0 Å². The third kappa shape index (κ3) is 6.99. The molecule has 0 fully saturated rings. The number of benzene rings is 2. The molecule has 0 bridgehead atoms. The van der Waals surface area contributed by atoms with E-state index in [1.165, 1.54) is 11.1 Å². The van der Waals surface area contributed by atoms with Gasteiger partial charge in [0.25, 0.3) is 0 Å². The van der Waals surface area contributed by atoms with Crippen molar-refractivity contribution < 1.29 is 18.4 Å². The van der Waals surface area contributed by atoms with E-state index >= 15 is 0 Å². The standard InChI is InChI=1S/C30H46N6O2/c1-8-35(9-2,22-26-18-14-12-15-19-26)24(5)37-29-32-28(31-7)33-30(34-29)38-25(6)36(10-3,11-4)23-27-20-16-13-17-21-27/h12-21,24-25H,8-11,22-23H2,1-7H3,(H,31,32,33,34)/q+2/t24-,25-/m0/s1. The number of nitrogens with zero attached hydrogens (tertiary/aromatic N) is 5. The Morgan fingerprint density at radius 2 is 1.00 bits per heavy atom. The monoisotopic (exact) mass is 522 g/mol. The number of hydrogen-bond donors (Lipinski definition) is 1. The zero-order valence-electron chi connectivity index (χ0n) is 24.2. The summed E-state index contributed by atoms with van der Waals surface area (Å²) in [6, 6.07) is 21.6. The molecule has 0 unspecified atom stereocenters. The SMILES string of the molecule is CC[N+](CC)(Cc1ccccc1)[C@H](C)Oc1nc(NC)nc(O[C@@H](C)[N+](CC)(CC)Cc2ccccc2)n1. The first-order valence-electron chi connectivity index (χ1n) is 13.9. The van der Waals surface area contributed by atoms with Crippen LogP contribution in [0.5, 0.6) is 12.0 Å². The van der Waals surface area contributed by atoms with Gasteiger partial charge in [-0.3, -0.25) is 8.97 Å². The number of rotatable bonds is 15. The van der Waals surface area contributed by atoms with Gasteiger partial charge in [-0.15, -0.1) is 4.98 Å². The third-order valence-electron chi connectivity index (χ3n) is 8.11. The highest BCUT2D eigenvalue weighted by Gasteiger charge is 2.35. The molecule has 0 radical (unpaired) electrons. The molecule has 2 aromatic carbocycles. The van der Waals surface area contributed by atoms with Crippen LogP contribution in [0.1, 0.15) is 52.7 Å². The molecular formula is C30H46N6O2+2. The van der Waals surface area contributed by atoms with Crippen molar-refractivity contribution in [1.82, 2.24) is 15.0 Å². The van der Waals surface area contributed by atoms with E-state index in [2.05, 4.69) is 110 Å². The van der Waals surface area contributed by atoms with Crippen molar-refractivity contribution >= 4 is 5.95 Å². The Kier molecular flexibility index (Phi) is 10.4. The minimum absolute atomic E-state index is 0.165. The largest absolute Gasteiger partial charge is 0.410 e. The Morgan fingerprint density at radius 1 is 0.632 bits per heavy atom. The lowest BCUT2D eigenvalue weighted by Crippen LogP contribution is -2.56. The molecule has 3 rings (SSSR count). The summed E-state index contributed by atoms with van der Waals surface area (Å²) in [7, 11) is 1.79. The van der Waals surface area contributed by atoms with Crippen molar-refractivity contribution in [2.45, 2.75) is 67.1 Å². The number of hydrogen-bond acceptors (Lipinski definition) is 6. The highest BCUT2D eigenvalue weighted by Crippen LogP contribution is 2.25. The van der Waals surface area contributed by atoms with Gasteiger partial charge in [-0.1, -0.05) is 60.7 Å². The van der Waals surface area contributed by atoms with Crippen LogP contribution < -0.4 is 14.8 Å². The van der Waals surface area contributed by atoms with Crippen LogP contribution in [0.2, 0.25) is 0 Å². The molecule has 206 valence electrons. The molecule has 1 N–H and O–H groups in total. The normalized spacial score (nSPS) is 13.6. The summed E-state index contributed by atoms with van der Waals surface area (Å²) in [5.41, 5.74) is 2.56. The molecule has 0 amide bonds. The fraction of sp³-hybridized carbons (Fsp3) is 0.500. The van der Waals surface area contributed by atoms with Crippen LogP contribution in [0.4, 0.5) is 5.95 Å². The quantitative estimate of drug-likeness (QED) is 0.211. The molecule has 0 aliphatic carbocycles. The van der Waals surface area contributed by atoms with Gasteiger partial charge >= 0.3 is 12.0 Å². The van der Waals surface area contributed by atoms with Crippen molar-refractivity contribution in [2.75, 3.05) is 38.5 Å². The van der Waals surface area contributed by atoms with Crippen molar-refractivity contribution in [1.29, 1.82) is 0 Å². The molecule has 38 heavy (non-hydrogen) atoms. The number of nitrogens with one attached hydrogen (secondary N) is 1. The van der Waals surface area contributed by atoms with E-state index in [1.807, 2.05) is 12.1 Å². The lowest BCUT2D eigenvalue weighted by molar-refractivity contribution is -0.975. The molecule has 0 saturated heterocycles. The van der Waals surface area contributed by atoms with Gasteiger partial charge in [0.1, 0.15) is 13.1 Å². The van der Waals surface area contributed by atoms with Gasteiger partial charge in [0.2, 0.25) is 18.4 Å². The summed E-state index contributed by atoms with van der Waals surface area (Å²) >= 11 is 0. The van der Waals surface area contributed by atoms with E-state index in [1.54, 1.807) is 7.05 Å². The highest BCUT2D eigenvalue weighted by molar-refractivity contribution is 5.26. The Bertz CT molecular complexity index is 1020. The van der Waals surface area contributed by atoms with Gasteiger partial charge in [0.15, 0.2) is 0 Å². The van der Waals surface area contributed by atoms with E-state index in [9.17, 15) is 0 Å². The van der Waals surface area contributed by atoms with E-state index < -0.39 is 0 Å². The molecule has 2 atom stereocenters. The molecule has 0 aliphatic rings. The van der Waals surface area contributed by atoms with Crippen LogP contribution in [0.3, 0.4) is 0 Å². The third-order valence-corrected chi connectivity index (χ3v) is 8.11. The van der Waals surface area contributed by atoms with Crippen LogP contribution >= 0.6 is 0 Å². The number of quaternary nitrogens is 2. The molecule has 3 aromatic rings. The second-order valence-corrected chi connectivity index (χ2v) is 9.90. The van der Waals surface area contributed by atoms with Crippen LogP contribution in [0, 0.1) is 0 Å². The Morgan fingerprint density at radius 3 is 1.32 bits per heavy atom. The second kappa shape index (κ2) is 13.5. The fourth-order valence-corrected chi connectivity index (χ4v) is 5.16. The first kappa shape index (κ1) is 29.3. The Labute approximate surface area is 228 Å². The summed E-state index contributed by atoms with van der Waals surface area (Å²) in [5, 5.41) is 3.03. The zero-order chi connectivity index (χ0) is 27.6. The van der Waals surface area contributed by atoms with Crippen molar-refractivity contribution in [3.05, 3.63) is 71.8 Å². The van der Waals surface area contributed by atoms with Gasteiger partial charge < -0.3 is 14.8 Å². The molecule has 0 aliphatic heterocycles. The van der Waals surface area contributed by atoms with Gasteiger partial charge in [0, 0.05) is 32.0 Å². The minimum atomic E-state index is -0.165. The smallest absolute Gasteiger partial charge is 0.328 e. The van der Waals surface area contributed by atoms with Gasteiger partial charge in [-0.25, -0.2) is 0 Å². The molecule has 1 aromatic heterocycles. The van der Waals surface area contributed by atoms with Gasteiger partial charge in [-0.2, -0.15) is 9.97 Å². The lowest BCUT2D eigenvalue weighted by atomic mass is 10.1. The van der Waals surface area contributed by atoms with Crippen molar-refractivity contribution in [2.24, 2.45) is 0 Å². The summed E-state index contributed by atoms with van der Waals surface area (Å²) in [6.07, 6.45) is -0.330. The van der Waals surface area contributed by atoms with Crippen LogP contribution in [0.15, 0.2) is 60.7 Å². The van der Waals surface area contributed by atoms with Crippen LogP contribution in [-0.2, 0) is 13.1 Å². The highest BCUT2D eigenvalue weighted by atomic mass is 16.5. The molecule has 0 saturated carbocycles. The maximum atomic E-state index is 6.42. The predicted molar refractivity (Wildman–Crippen MR) is 153 cm³/mol. The van der Waals surface area contributed by atoms with E-state index in [0.717, 1.165) is 48.2 Å². The van der Waals surface area contributed by atoms with Crippen LogP contribution in [-0.4, -0.2) is 69.6 Å². The maximum Gasteiger partial charge on any atom is 0.328 e. The fourth-order valence-electron chi connectivity index (χ4n) is 5.16. The van der Waals surface area contributed by atoms with Gasteiger partial charge in [0.05, 0.1) is 26.2 Å². The Hall–Kier alpha value is -3.23. The molecular weight excluding hydrogens is 476 g/mol. The minimum Gasteiger partial charge on any atom is -0.410 e. The average molecular weight is 523 g/mol. The number of anilines is 1. The topological polar surface area (TPSA) is 69.2 Å². The summed E-state index contributed by atoms with van der Waals surface area (Å²) in [6.45, 7) is 18.4. The summed E-state index contributed by atoms with van der Waals surface area (Å²) in [4.78, 5) is 13.6. The average Bonchev–Trinajstić information content (AvgIpc) is 2.95. The summed E-state index contributed by atoms with van der Waals surface area (Å²) < 4.78 is 14.3. The predicted octanol–water partition coefficient (Wildman–Crippen LogP) is 5.48. The Balaban J connectivity index is 1.83. The number of aromatic nitrogens is 3. The van der Waals surface area contributed by atoms with E-state index in [0.29, 0.717) is 5.95 Å².